The quantitative estimate of drug-likeness (QED) is 0.167. The van der Waals surface area contributed by atoms with Crippen LogP contribution in [0.4, 0.5) is 0 Å². The predicted octanol–water partition coefficient (Wildman–Crippen LogP) is 2.46. The highest BCUT2D eigenvalue weighted by atomic mass is 35.5. The van der Waals surface area contributed by atoms with Crippen molar-refractivity contribution >= 4 is 23.4 Å². The van der Waals surface area contributed by atoms with Crippen LogP contribution in [0.5, 0.6) is 11.5 Å². The third-order valence-electron chi connectivity index (χ3n) is 5.41. The highest BCUT2D eigenvalue weighted by molar-refractivity contribution is 6.30. The molecule has 1 unspecified atom stereocenters. The number of carbonyl (C=O) groups excluding carboxylic acids is 2. The summed E-state index contributed by atoms with van der Waals surface area (Å²) in [6.45, 7) is 2.43. The third kappa shape index (κ3) is 8.31. The number of nitrogens with two attached hydrogens (primary N) is 1. The van der Waals surface area contributed by atoms with Crippen LogP contribution < -0.4 is 26.9 Å². The summed E-state index contributed by atoms with van der Waals surface area (Å²) in [5, 5.41) is 16.7. The Hall–Kier alpha value is -4.43. The molecule has 1 heterocycles. The number of aryl methyl sites for hydroxylation is 1. The number of amides is 2. The number of benzene rings is 2. The van der Waals surface area contributed by atoms with E-state index in [0.717, 1.165) is 12.0 Å². The maximum absolute atomic E-state index is 12.5. The number of nitriles is 1. The van der Waals surface area contributed by atoms with Crippen molar-refractivity contribution in [2.75, 3.05) is 13.1 Å². The van der Waals surface area contributed by atoms with Crippen LogP contribution in [-0.4, -0.2) is 34.9 Å². The molecule has 38 heavy (non-hydrogen) atoms. The Labute approximate surface area is 225 Å². The lowest BCUT2D eigenvalue weighted by Gasteiger charge is -2.15. The second-order valence-electron chi connectivity index (χ2n) is 8.21. The average Bonchev–Trinajstić information content (AvgIpc) is 2.93. The highest BCUT2D eigenvalue weighted by Crippen LogP contribution is 2.22. The van der Waals surface area contributed by atoms with E-state index in [2.05, 4.69) is 27.4 Å². The van der Waals surface area contributed by atoms with E-state index >= 15 is 0 Å². The number of halogens is 1. The van der Waals surface area contributed by atoms with Gasteiger partial charge in [-0.1, -0.05) is 42.8 Å². The van der Waals surface area contributed by atoms with Crippen LogP contribution in [0.15, 0.2) is 78.8 Å². The fourth-order valence-corrected chi connectivity index (χ4v) is 3.41. The highest BCUT2D eigenvalue weighted by Gasteiger charge is 2.18. The Bertz CT molecular complexity index is 1300. The minimum Gasteiger partial charge on any atom is -0.456 e. The summed E-state index contributed by atoms with van der Waals surface area (Å²) in [7, 11) is 0. The van der Waals surface area contributed by atoms with Crippen LogP contribution in [-0.2, 0) is 11.2 Å². The van der Waals surface area contributed by atoms with Crippen molar-refractivity contribution in [3.63, 3.8) is 0 Å². The third-order valence-corrected chi connectivity index (χ3v) is 5.67. The van der Waals surface area contributed by atoms with Gasteiger partial charge in [0.2, 0.25) is 5.70 Å². The van der Waals surface area contributed by atoms with E-state index in [1.807, 2.05) is 31.2 Å². The van der Waals surface area contributed by atoms with Gasteiger partial charge in [0.15, 0.2) is 0 Å². The summed E-state index contributed by atoms with van der Waals surface area (Å²) in [6.07, 6.45) is 3.67. The number of hydrazine groups is 1. The summed E-state index contributed by atoms with van der Waals surface area (Å²) in [5.41, 5.74) is 5.81. The van der Waals surface area contributed by atoms with Crippen LogP contribution in [0.3, 0.4) is 0 Å². The summed E-state index contributed by atoms with van der Waals surface area (Å²) < 4.78 is 5.66. The van der Waals surface area contributed by atoms with Crippen molar-refractivity contribution < 1.29 is 20.1 Å². The van der Waals surface area contributed by atoms with Gasteiger partial charge in [-0.15, -0.1) is 0 Å². The van der Waals surface area contributed by atoms with Gasteiger partial charge in [0.05, 0.1) is 25.0 Å². The molecule has 196 valence electrons. The molecule has 0 radical (unpaired) electrons. The molecular formula is C27H29ClN7O3+. The molecule has 3 aromatic rings. The van der Waals surface area contributed by atoms with E-state index in [4.69, 9.17) is 22.2 Å². The summed E-state index contributed by atoms with van der Waals surface area (Å²) in [5.74, 6) is 6.08. The van der Waals surface area contributed by atoms with Gasteiger partial charge in [-0.3, -0.25) is 9.59 Å². The minimum atomic E-state index is -0.820. The number of nitrogens with zero attached hydrogens (tertiary/aromatic N) is 3. The van der Waals surface area contributed by atoms with Gasteiger partial charge in [0.25, 0.3) is 5.91 Å². The van der Waals surface area contributed by atoms with Gasteiger partial charge in [0, 0.05) is 11.6 Å². The van der Waals surface area contributed by atoms with Crippen LogP contribution in [0, 0.1) is 11.3 Å². The van der Waals surface area contributed by atoms with Crippen LogP contribution in [0.1, 0.15) is 34.6 Å². The Kier molecular flexibility index (Phi) is 10.2. The normalized spacial score (nSPS) is 11.7. The first kappa shape index (κ1) is 28.1. The second-order valence-corrected chi connectivity index (χ2v) is 8.65. The zero-order valence-electron chi connectivity index (χ0n) is 20.9. The molecule has 0 saturated heterocycles. The maximum Gasteiger partial charge on any atom is 0.308 e. The van der Waals surface area contributed by atoms with Crippen molar-refractivity contribution in [1.29, 1.82) is 5.26 Å². The molecule has 1 aromatic heterocycles. The number of ether oxygens (including phenoxy) is 1. The first-order valence-electron chi connectivity index (χ1n) is 11.8. The number of hydrogen-bond donors (Lipinski definition) is 4. The van der Waals surface area contributed by atoms with E-state index < -0.39 is 11.9 Å². The van der Waals surface area contributed by atoms with E-state index in [0.29, 0.717) is 22.1 Å². The lowest BCUT2D eigenvalue weighted by molar-refractivity contribution is -0.300. The van der Waals surface area contributed by atoms with Gasteiger partial charge < -0.3 is 26.1 Å². The summed E-state index contributed by atoms with van der Waals surface area (Å²) in [4.78, 5) is 29.0. The summed E-state index contributed by atoms with van der Waals surface area (Å²) in [6, 6.07) is 18.8. The molecule has 2 aromatic carbocycles. The van der Waals surface area contributed by atoms with Crippen LogP contribution >= 0.6 is 11.6 Å². The summed E-state index contributed by atoms with van der Waals surface area (Å²) >= 11 is 5.86. The predicted molar refractivity (Wildman–Crippen MR) is 142 cm³/mol. The molecule has 0 saturated carbocycles. The molecule has 3 rings (SSSR count). The number of carbonyl (C=O) groups is 2. The Morgan fingerprint density at radius 3 is 2.45 bits per heavy atom. The van der Waals surface area contributed by atoms with E-state index in [-0.39, 0.29) is 30.4 Å². The van der Waals surface area contributed by atoms with Crippen molar-refractivity contribution in [2.24, 2.45) is 5.84 Å². The fourth-order valence-electron chi connectivity index (χ4n) is 3.29. The number of nitrogens with one attached hydrogen (secondary N) is 2. The van der Waals surface area contributed by atoms with Crippen molar-refractivity contribution in [3.05, 3.63) is 101 Å². The van der Waals surface area contributed by atoms with Gasteiger partial charge in [-0.05, 0) is 53.9 Å². The first-order chi connectivity index (χ1) is 18.3. The average molecular weight is 535 g/mol. The van der Waals surface area contributed by atoms with E-state index in [1.165, 1.54) is 17.4 Å². The Balaban J connectivity index is 1.45. The zero-order valence-corrected chi connectivity index (χ0v) is 21.6. The molecule has 0 aliphatic heterocycles. The molecule has 10 nitrogen and oxygen atoms in total. The van der Waals surface area contributed by atoms with Crippen molar-refractivity contribution in [2.45, 2.75) is 19.4 Å². The number of aromatic nitrogens is 1. The van der Waals surface area contributed by atoms with Gasteiger partial charge >= 0.3 is 5.91 Å². The van der Waals surface area contributed by atoms with E-state index in [1.54, 1.807) is 36.4 Å². The fraction of sp³-hybridized carbons (Fsp3) is 0.185. The monoisotopic (exact) mass is 534 g/mol. The molecule has 1 atom stereocenters. The second kappa shape index (κ2) is 13.8. The SMILES string of the molecule is CCc1ccc(C(C#N)NC(=O)/C([NH3+])=C/N(N)CCNC(=O)c2ccc(Oc3ccc(Cl)cc3)cn2)cc1. The molecule has 0 spiro atoms. The molecule has 11 heteroatoms. The number of quaternary nitrogens is 1. The van der Waals surface area contributed by atoms with Crippen molar-refractivity contribution in [1.82, 2.24) is 20.6 Å². The Morgan fingerprint density at radius 2 is 1.84 bits per heavy atom. The van der Waals surface area contributed by atoms with Crippen molar-refractivity contribution in [3.8, 4) is 17.6 Å². The largest absolute Gasteiger partial charge is 0.456 e. The maximum atomic E-state index is 12.5. The lowest BCUT2D eigenvalue weighted by atomic mass is 10.0. The Morgan fingerprint density at radius 1 is 1.16 bits per heavy atom. The lowest BCUT2D eigenvalue weighted by Crippen LogP contribution is -2.56. The molecule has 0 fully saturated rings. The first-order valence-corrected chi connectivity index (χ1v) is 12.2. The molecule has 0 aliphatic carbocycles. The van der Waals surface area contributed by atoms with Crippen LogP contribution in [0.25, 0.3) is 0 Å². The van der Waals surface area contributed by atoms with E-state index in [9.17, 15) is 14.9 Å². The standard InChI is InChI=1S/C27H28ClN7O3/c1-2-18-3-5-19(6-4-18)25(15-29)34-26(36)23(30)17-35(31)14-13-32-27(37)24-12-11-22(16-33-24)38-21-9-7-20(28)8-10-21/h3-12,16-17,25H,2,13-14,30-31H2,1H3,(H,32,37)(H,34,36)/p+1/b23-17-. The number of rotatable bonds is 11. The smallest absolute Gasteiger partial charge is 0.308 e. The number of hydrogen-bond acceptors (Lipinski definition) is 7. The zero-order chi connectivity index (χ0) is 27.5. The van der Waals surface area contributed by atoms with Gasteiger partial charge in [-0.2, -0.15) is 5.26 Å². The van der Waals surface area contributed by atoms with Gasteiger partial charge in [-0.25, -0.2) is 10.8 Å². The molecule has 0 aliphatic rings. The molecule has 7 N–H and O–H groups in total. The topological polar surface area (TPSA) is 161 Å². The molecule has 2 amide bonds. The van der Waals surface area contributed by atoms with Crippen LogP contribution in [0.2, 0.25) is 5.02 Å². The number of pyridine rings is 1. The van der Waals surface area contributed by atoms with Gasteiger partial charge in [0.1, 0.15) is 23.2 Å². The minimum absolute atomic E-state index is 0.0715. The molecular weight excluding hydrogens is 506 g/mol. The molecule has 0 bridgehead atoms.